The smallest absolute Gasteiger partial charge is 0.191 e. The molecule has 0 saturated heterocycles. The Bertz CT molecular complexity index is 506. The minimum absolute atomic E-state index is 0. The van der Waals surface area contributed by atoms with Crippen molar-refractivity contribution in [2.24, 2.45) is 4.99 Å². The highest BCUT2D eigenvalue weighted by Crippen LogP contribution is 2.20. The van der Waals surface area contributed by atoms with Crippen LogP contribution in [0.25, 0.3) is 0 Å². The fourth-order valence-electron chi connectivity index (χ4n) is 2.07. The molecular formula is C17H30FIN4S. The quantitative estimate of drug-likeness (QED) is 0.366. The highest BCUT2D eigenvalue weighted by Gasteiger charge is 2.18. The molecule has 24 heavy (non-hydrogen) atoms. The van der Waals surface area contributed by atoms with Gasteiger partial charge in [0.1, 0.15) is 5.82 Å². The number of likely N-dealkylation sites (N-methyl/N-ethyl adjacent to an activating group) is 1. The van der Waals surface area contributed by atoms with E-state index in [2.05, 4.69) is 40.6 Å². The number of nitrogens with zero attached hydrogens (tertiary/aromatic N) is 2. The molecule has 0 spiro atoms. The van der Waals surface area contributed by atoms with Crippen molar-refractivity contribution in [3.05, 3.63) is 35.6 Å². The van der Waals surface area contributed by atoms with Crippen molar-refractivity contribution in [1.82, 2.24) is 15.5 Å². The molecule has 7 heteroatoms. The first-order valence-electron chi connectivity index (χ1n) is 7.70. The summed E-state index contributed by atoms with van der Waals surface area (Å²) < 4.78 is 13.3. The van der Waals surface area contributed by atoms with E-state index < -0.39 is 0 Å². The third-order valence-corrected chi connectivity index (χ3v) is 5.05. The number of halogens is 2. The average molecular weight is 468 g/mol. The topological polar surface area (TPSA) is 39.7 Å². The second kappa shape index (κ2) is 11.1. The van der Waals surface area contributed by atoms with Crippen molar-refractivity contribution in [1.29, 1.82) is 0 Å². The van der Waals surface area contributed by atoms with Crippen molar-refractivity contribution in [2.45, 2.75) is 24.6 Å². The lowest BCUT2D eigenvalue weighted by molar-refractivity contribution is 0.298. The lowest BCUT2D eigenvalue weighted by atomic mass is 10.1. The van der Waals surface area contributed by atoms with E-state index in [9.17, 15) is 4.39 Å². The summed E-state index contributed by atoms with van der Waals surface area (Å²) in [5.41, 5.74) is 1.07. The molecule has 0 amide bonds. The van der Waals surface area contributed by atoms with Gasteiger partial charge >= 0.3 is 0 Å². The Morgan fingerprint density at radius 1 is 1.25 bits per heavy atom. The number of hydrogen-bond donors (Lipinski definition) is 2. The molecule has 0 aromatic heterocycles. The molecular weight excluding hydrogens is 438 g/mol. The van der Waals surface area contributed by atoms with Gasteiger partial charge in [0, 0.05) is 24.9 Å². The summed E-state index contributed by atoms with van der Waals surface area (Å²) in [6, 6.07) is 6.80. The second-order valence-corrected chi connectivity index (χ2v) is 7.81. The van der Waals surface area contributed by atoms with Crippen molar-refractivity contribution < 1.29 is 4.39 Å². The van der Waals surface area contributed by atoms with E-state index in [1.54, 1.807) is 7.05 Å². The van der Waals surface area contributed by atoms with Gasteiger partial charge in [-0.25, -0.2) is 4.39 Å². The van der Waals surface area contributed by atoms with Gasteiger partial charge < -0.3 is 15.5 Å². The predicted octanol–water partition coefficient (Wildman–Crippen LogP) is 3.35. The number of benzene rings is 1. The molecule has 0 aliphatic heterocycles. The van der Waals surface area contributed by atoms with Crippen LogP contribution in [-0.4, -0.2) is 56.1 Å². The standard InChI is InChI=1S/C17H29FN4S.HI/c1-17(2,23-6)12-21-16(19-3)20-11-15(22(4)5)13-7-9-14(18)10-8-13;/h7-10,15H,11-12H2,1-6H3,(H2,19,20,21);1H. The number of thioether (sulfide) groups is 1. The zero-order valence-corrected chi connectivity index (χ0v) is 18.5. The fourth-order valence-corrected chi connectivity index (χ4v) is 2.28. The molecule has 1 atom stereocenters. The van der Waals surface area contributed by atoms with Gasteiger partial charge in [-0.2, -0.15) is 11.8 Å². The minimum atomic E-state index is -0.212. The molecule has 1 unspecified atom stereocenters. The molecule has 0 fully saturated rings. The van der Waals surface area contributed by atoms with E-state index in [1.165, 1.54) is 12.1 Å². The molecule has 4 nitrogen and oxygen atoms in total. The Balaban J connectivity index is 0.00000529. The monoisotopic (exact) mass is 468 g/mol. The zero-order valence-electron chi connectivity index (χ0n) is 15.4. The van der Waals surface area contributed by atoms with Crippen LogP contribution in [0.5, 0.6) is 0 Å². The Morgan fingerprint density at radius 2 is 1.83 bits per heavy atom. The van der Waals surface area contributed by atoms with Crippen LogP contribution in [0.15, 0.2) is 29.3 Å². The first-order chi connectivity index (χ1) is 10.8. The first-order valence-corrected chi connectivity index (χ1v) is 8.93. The molecule has 0 radical (unpaired) electrons. The Labute approximate surface area is 167 Å². The number of rotatable bonds is 7. The molecule has 0 aliphatic carbocycles. The molecule has 0 bridgehead atoms. The van der Waals surface area contributed by atoms with Gasteiger partial charge in [-0.3, -0.25) is 4.99 Å². The summed E-state index contributed by atoms with van der Waals surface area (Å²) in [4.78, 5) is 6.38. The summed E-state index contributed by atoms with van der Waals surface area (Å²) in [7, 11) is 5.80. The van der Waals surface area contributed by atoms with E-state index in [0.29, 0.717) is 6.54 Å². The molecule has 1 rings (SSSR count). The fraction of sp³-hybridized carbons (Fsp3) is 0.588. The van der Waals surface area contributed by atoms with Gasteiger partial charge in [0.25, 0.3) is 0 Å². The normalized spacial score (nSPS) is 13.4. The predicted molar refractivity (Wildman–Crippen MR) is 115 cm³/mol. The maximum Gasteiger partial charge on any atom is 0.191 e. The summed E-state index contributed by atoms with van der Waals surface area (Å²) in [5, 5.41) is 6.71. The van der Waals surface area contributed by atoms with Crippen molar-refractivity contribution in [3.8, 4) is 0 Å². The van der Waals surface area contributed by atoms with Crippen LogP contribution in [-0.2, 0) is 0 Å². The molecule has 1 aromatic rings. The second-order valence-electron chi connectivity index (χ2n) is 6.30. The van der Waals surface area contributed by atoms with Gasteiger partial charge in [0.15, 0.2) is 5.96 Å². The van der Waals surface area contributed by atoms with Crippen LogP contribution in [0, 0.1) is 5.82 Å². The summed E-state index contributed by atoms with van der Waals surface area (Å²) in [5.74, 6) is 0.567. The number of guanidine groups is 1. The number of hydrogen-bond acceptors (Lipinski definition) is 3. The van der Waals surface area contributed by atoms with Crippen LogP contribution >= 0.6 is 35.7 Å². The summed E-state index contributed by atoms with van der Waals surface area (Å²) in [6.45, 7) is 5.91. The summed E-state index contributed by atoms with van der Waals surface area (Å²) >= 11 is 1.82. The maximum atomic E-state index is 13.1. The van der Waals surface area contributed by atoms with Gasteiger partial charge in [-0.1, -0.05) is 12.1 Å². The van der Waals surface area contributed by atoms with Crippen molar-refractivity contribution in [3.63, 3.8) is 0 Å². The lowest BCUT2D eigenvalue weighted by Gasteiger charge is -2.27. The molecule has 2 N–H and O–H groups in total. The molecule has 0 aliphatic rings. The van der Waals surface area contributed by atoms with Crippen LogP contribution in [0.3, 0.4) is 0 Å². The van der Waals surface area contributed by atoms with Crippen LogP contribution < -0.4 is 10.6 Å². The largest absolute Gasteiger partial charge is 0.355 e. The molecule has 0 heterocycles. The van der Waals surface area contributed by atoms with Crippen LogP contribution in [0.1, 0.15) is 25.5 Å². The number of aliphatic imine (C=N–C) groups is 1. The summed E-state index contributed by atoms with van der Waals surface area (Å²) in [6.07, 6.45) is 2.11. The van der Waals surface area contributed by atoms with Crippen molar-refractivity contribution in [2.75, 3.05) is 40.5 Å². The lowest BCUT2D eigenvalue weighted by Crippen LogP contribution is -2.45. The van der Waals surface area contributed by atoms with Crippen molar-refractivity contribution >= 4 is 41.7 Å². The van der Waals surface area contributed by atoms with E-state index in [-0.39, 0.29) is 40.6 Å². The Hall–Kier alpha value is -0.540. The van der Waals surface area contributed by atoms with Crippen LogP contribution in [0.4, 0.5) is 4.39 Å². The zero-order chi connectivity index (χ0) is 17.5. The number of nitrogens with one attached hydrogen (secondary N) is 2. The SMILES string of the molecule is CN=C(NCC(c1ccc(F)cc1)N(C)C)NCC(C)(C)SC.I. The van der Waals surface area contributed by atoms with Gasteiger partial charge in [-0.15, -0.1) is 24.0 Å². The van der Waals surface area contributed by atoms with E-state index >= 15 is 0 Å². The van der Waals surface area contributed by atoms with Gasteiger partial charge in [0.2, 0.25) is 0 Å². The van der Waals surface area contributed by atoms with Gasteiger partial charge in [-0.05, 0) is 51.9 Å². The molecule has 138 valence electrons. The van der Waals surface area contributed by atoms with E-state index in [0.717, 1.165) is 18.1 Å². The first kappa shape index (κ1) is 23.5. The Morgan fingerprint density at radius 3 is 2.29 bits per heavy atom. The van der Waals surface area contributed by atoms with E-state index in [1.807, 2.05) is 38.0 Å². The maximum absolute atomic E-state index is 13.1. The average Bonchev–Trinajstić information content (AvgIpc) is 2.51. The highest BCUT2D eigenvalue weighted by atomic mass is 127. The highest BCUT2D eigenvalue weighted by molar-refractivity contribution is 14.0. The molecule has 0 saturated carbocycles. The Kier molecular flexibility index (Phi) is 10.9. The minimum Gasteiger partial charge on any atom is -0.355 e. The van der Waals surface area contributed by atoms with E-state index in [4.69, 9.17) is 0 Å². The van der Waals surface area contributed by atoms with Crippen LogP contribution in [0.2, 0.25) is 0 Å². The third-order valence-electron chi connectivity index (χ3n) is 3.80. The van der Waals surface area contributed by atoms with Gasteiger partial charge in [0.05, 0.1) is 6.04 Å². The molecule has 1 aromatic carbocycles. The third kappa shape index (κ3) is 8.02.